The van der Waals surface area contributed by atoms with Crippen molar-refractivity contribution in [1.82, 2.24) is 0 Å². The van der Waals surface area contributed by atoms with E-state index in [9.17, 15) is 4.79 Å². The number of aliphatic hydroxyl groups excluding tert-OH is 1. The van der Waals surface area contributed by atoms with Crippen LogP contribution in [0.5, 0.6) is 0 Å². The highest BCUT2D eigenvalue weighted by Crippen LogP contribution is 1.84. The topological polar surface area (TPSA) is 46.5 Å². The molecule has 1 atom stereocenters. The molecule has 0 amide bonds. The SMILES string of the molecule is CCOC(=O)C(C)O.[H+]. The minimum Gasteiger partial charge on any atom is -0.464 e. The maximum Gasteiger partial charge on any atom is 1.00 e. The van der Waals surface area contributed by atoms with E-state index in [4.69, 9.17) is 5.11 Å². The molecule has 0 heterocycles. The van der Waals surface area contributed by atoms with E-state index < -0.39 is 12.1 Å². The number of esters is 1. The lowest BCUT2D eigenvalue weighted by Crippen LogP contribution is -2.18. The zero-order chi connectivity index (χ0) is 6.57. The van der Waals surface area contributed by atoms with Crippen molar-refractivity contribution in [3.63, 3.8) is 0 Å². The Hall–Kier alpha value is -0.570. The molecule has 3 heteroatoms. The van der Waals surface area contributed by atoms with Gasteiger partial charge in [0.25, 0.3) is 0 Å². The van der Waals surface area contributed by atoms with Gasteiger partial charge in [-0.3, -0.25) is 0 Å². The average Bonchev–Trinajstić information content (AvgIpc) is 1.67. The van der Waals surface area contributed by atoms with E-state index in [0.29, 0.717) is 6.61 Å². The number of rotatable bonds is 2. The van der Waals surface area contributed by atoms with Crippen LogP contribution in [0, 0.1) is 0 Å². The van der Waals surface area contributed by atoms with Crippen LogP contribution in [0.1, 0.15) is 15.3 Å². The molecule has 0 aliphatic rings. The highest BCUT2D eigenvalue weighted by molar-refractivity contribution is 5.73. The van der Waals surface area contributed by atoms with Gasteiger partial charge in [0.05, 0.1) is 6.61 Å². The molecule has 0 aliphatic heterocycles. The number of carbonyl (C=O) groups is 1. The summed E-state index contributed by atoms with van der Waals surface area (Å²) in [5.41, 5.74) is 0. The third-order valence-corrected chi connectivity index (χ3v) is 0.628. The number of hydrogen-bond donors (Lipinski definition) is 1. The lowest BCUT2D eigenvalue weighted by molar-refractivity contribution is -0.151. The second kappa shape index (κ2) is 3.43. The van der Waals surface area contributed by atoms with Crippen molar-refractivity contribution in [3.05, 3.63) is 0 Å². The zero-order valence-electron chi connectivity index (χ0n) is 6.05. The van der Waals surface area contributed by atoms with Crippen molar-refractivity contribution < 1.29 is 16.1 Å². The molecule has 3 nitrogen and oxygen atoms in total. The molecular weight excluding hydrogens is 108 g/mol. The minimum atomic E-state index is -0.991. The smallest absolute Gasteiger partial charge is 0.464 e. The predicted octanol–water partition coefficient (Wildman–Crippen LogP) is 0.0428. The summed E-state index contributed by atoms with van der Waals surface area (Å²) >= 11 is 0. The monoisotopic (exact) mass is 119 g/mol. The second-order valence-electron chi connectivity index (χ2n) is 1.43. The molecule has 0 bridgehead atoms. The standard InChI is InChI=1S/C5H10O3/c1-3-8-5(7)4(2)6/h4,6H,3H2,1-2H3/p+1. The molecule has 0 rings (SSSR count). The van der Waals surface area contributed by atoms with Gasteiger partial charge in [0.15, 0.2) is 0 Å². The summed E-state index contributed by atoms with van der Waals surface area (Å²) < 4.78 is 4.41. The van der Waals surface area contributed by atoms with Gasteiger partial charge in [0.2, 0.25) is 0 Å². The number of hydrogen-bond acceptors (Lipinski definition) is 3. The summed E-state index contributed by atoms with van der Waals surface area (Å²) in [6.45, 7) is 3.39. The summed E-state index contributed by atoms with van der Waals surface area (Å²) in [4.78, 5) is 10.3. The summed E-state index contributed by atoms with van der Waals surface area (Å²) in [5.74, 6) is -0.562. The van der Waals surface area contributed by atoms with Gasteiger partial charge in [0, 0.05) is 0 Å². The maximum absolute atomic E-state index is 10.3. The molecule has 0 saturated heterocycles. The fourth-order valence-corrected chi connectivity index (χ4v) is 0.263. The first-order valence-electron chi connectivity index (χ1n) is 2.53. The lowest BCUT2D eigenvalue weighted by Gasteiger charge is -2.01. The normalized spacial score (nSPS) is 12.9. The Kier molecular flexibility index (Phi) is 3.19. The molecule has 0 spiro atoms. The molecule has 8 heavy (non-hydrogen) atoms. The predicted molar refractivity (Wildman–Crippen MR) is 29.4 cm³/mol. The van der Waals surface area contributed by atoms with Gasteiger partial charge < -0.3 is 9.84 Å². The van der Waals surface area contributed by atoms with Crippen LogP contribution in [0.4, 0.5) is 0 Å². The lowest BCUT2D eigenvalue weighted by atomic mass is 10.4. The fraction of sp³-hybridized carbons (Fsp3) is 0.800. The summed E-state index contributed by atoms with van der Waals surface area (Å²) in [7, 11) is 0. The number of ether oxygens (including phenoxy) is 1. The molecule has 0 fully saturated rings. The molecule has 0 saturated carbocycles. The van der Waals surface area contributed by atoms with Crippen molar-refractivity contribution in [3.8, 4) is 0 Å². The van der Waals surface area contributed by atoms with Gasteiger partial charge in [-0.25, -0.2) is 4.79 Å². The van der Waals surface area contributed by atoms with Crippen molar-refractivity contribution in [2.24, 2.45) is 0 Å². The molecular formula is C5H11O3+. The van der Waals surface area contributed by atoms with Gasteiger partial charge >= 0.3 is 7.40 Å². The number of carbonyl (C=O) groups excluding carboxylic acids is 1. The Morgan fingerprint density at radius 3 is 2.62 bits per heavy atom. The van der Waals surface area contributed by atoms with Crippen LogP contribution < -0.4 is 0 Å². The molecule has 0 aliphatic carbocycles. The third-order valence-electron chi connectivity index (χ3n) is 0.628. The first-order chi connectivity index (χ1) is 3.68. The van der Waals surface area contributed by atoms with Gasteiger partial charge in [0.1, 0.15) is 6.10 Å². The second-order valence-corrected chi connectivity index (χ2v) is 1.43. The molecule has 0 aromatic heterocycles. The first kappa shape index (κ1) is 7.43. The Morgan fingerprint density at radius 2 is 2.50 bits per heavy atom. The van der Waals surface area contributed by atoms with Crippen molar-refractivity contribution in [1.29, 1.82) is 0 Å². The van der Waals surface area contributed by atoms with Gasteiger partial charge in [-0.2, -0.15) is 0 Å². The Balaban J connectivity index is 0. The fourth-order valence-electron chi connectivity index (χ4n) is 0.263. The number of aliphatic hydroxyl groups is 1. The van der Waals surface area contributed by atoms with Crippen LogP contribution in [0.15, 0.2) is 0 Å². The van der Waals surface area contributed by atoms with Crippen LogP contribution in [-0.2, 0) is 9.53 Å². The highest BCUT2D eigenvalue weighted by Gasteiger charge is 2.07. The van der Waals surface area contributed by atoms with E-state index in [0.717, 1.165) is 0 Å². The van der Waals surface area contributed by atoms with Crippen LogP contribution in [0.25, 0.3) is 0 Å². The van der Waals surface area contributed by atoms with Crippen LogP contribution in [-0.4, -0.2) is 23.8 Å². The van der Waals surface area contributed by atoms with Gasteiger partial charge in [-0.05, 0) is 13.8 Å². The van der Waals surface area contributed by atoms with E-state index in [1.165, 1.54) is 6.92 Å². The minimum absolute atomic E-state index is 0. The first-order valence-corrected chi connectivity index (χ1v) is 2.53. The Morgan fingerprint density at radius 1 is 2.00 bits per heavy atom. The molecule has 0 aromatic rings. The average molecular weight is 119 g/mol. The van der Waals surface area contributed by atoms with Crippen LogP contribution in [0.2, 0.25) is 0 Å². The molecule has 1 unspecified atom stereocenters. The molecule has 1 N–H and O–H groups in total. The molecule has 0 aromatic carbocycles. The quantitative estimate of drug-likeness (QED) is 0.522. The van der Waals surface area contributed by atoms with E-state index in [1.807, 2.05) is 0 Å². The van der Waals surface area contributed by atoms with E-state index in [1.54, 1.807) is 6.92 Å². The maximum atomic E-state index is 10.3. The van der Waals surface area contributed by atoms with Gasteiger partial charge in [-0.15, -0.1) is 0 Å². The molecule has 48 valence electrons. The van der Waals surface area contributed by atoms with Crippen LogP contribution >= 0.6 is 0 Å². The largest absolute Gasteiger partial charge is 1.00 e. The summed E-state index contributed by atoms with van der Waals surface area (Å²) in [5, 5.41) is 8.48. The van der Waals surface area contributed by atoms with Crippen molar-refractivity contribution in [2.45, 2.75) is 20.0 Å². The van der Waals surface area contributed by atoms with Crippen molar-refractivity contribution in [2.75, 3.05) is 6.61 Å². The third kappa shape index (κ3) is 2.58. The summed E-state index contributed by atoms with van der Waals surface area (Å²) in [6, 6.07) is 0. The van der Waals surface area contributed by atoms with Crippen molar-refractivity contribution >= 4 is 5.97 Å². The van der Waals surface area contributed by atoms with E-state index in [2.05, 4.69) is 4.74 Å². The van der Waals surface area contributed by atoms with Crippen LogP contribution in [0.3, 0.4) is 0 Å². The molecule has 0 radical (unpaired) electrons. The van der Waals surface area contributed by atoms with E-state index in [-0.39, 0.29) is 1.43 Å². The Bertz CT molecular complexity index is 82.3. The Labute approximate surface area is 49.8 Å². The van der Waals surface area contributed by atoms with Gasteiger partial charge in [-0.1, -0.05) is 0 Å². The van der Waals surface area contributed by atoms with E-state index >= 15 is 0 Å². The highest BCUT2D eigenvalue weighted by atomic mass is 16.5. The zero-order valence-corrected chi connectivity index (χ0v) is 5.05. The summed E-state index contributed by atoms with van der Waals surface area (Å²) in [6.07, 6.45) is -0.991.